The molecule has 0 aliphatic carbocycles. The molecule has 0 aliphatic heterocycles. The molecule has 0 aliphatic rings. The van der Waals surface area contributed by atoms with Gasteiger partial charge in [0.2, 0.25) is 0 Å². The fourth-order valence-electron chi connectivity index (χ4n) is 1.73. The number of halogens is 1. The molecule has 0 unspecified atom stereocenters. The van der Waals surface area contributed by atoms with Gasteiger partial charge in [-0.05, 0) is 37.7 Å². The third kappa shape index (κ3) is 7.17. The summed E-state index contributed by atoms with van der Waals surface area (Å²) in [7, 11) is 0. The van der Waals surface area contributed by atoms with Crippen LogP contribution in [0.15, 0.2) is 29.2 Å². The van der Waals surface area contributed by atoms with Crippen LogP contribution in [-0.4, -0.2) is 30.3 Å². The monoisotopic (exact) mass is 316 g/mol. The molecule has 1 amide bonds. The van der Waals surface area contributed by atoms with E-state index in [4.69, 9.17) is 0 Å². The first-order valence-corrected chi connectivity index (χ1v) is 7.69. The molecule has 0 radical (unpaired) electrons. The van der Waals surface area contributed by atoms with Crippen molar-refractivity contribution in [1.29, 1.82) is 0 Å². The first-order valence-electron chi connectivity index (χ1n) is 6.81. The number of amides is 1. The highest BCUT2D eigenvalue weighted by Gasteiger charge is 2.07. The Hall–Kier alpha value is -0.710. The van der Waals surface area contributed by atoms with Gasteiger partial charge < -0.3 is 10.6 Å². The van der Waals surface area contributed by atoms with Crippen LogP contribution < -0.4 is 10.6 Å². The summed E-state index contributed by atoms with van der Waals surface area (Å²) in [6, 6.07) is 8.08. The Morgan fingerprint density at radius 2 is 1.80 bits per heavy atom. The van der Waals surface area contributed by atoms with Crippen molar-refractivity contribution in [2.75, 3.05) is 13.1 Å². The van der Waals surface area contributed by atoms with Gasteiger partial charge in [0, 0.05) is 28.3 Å². The average molecular weight is 317 g/mol. The lowest BCUT2D eigenvalue weighted by atomic mass is 10.2. The predicted octanol–water partition coefficient (Wildman–Crippen LogP) is 3.34. The van der Waals surface area contributed by atoms with Gasteiger partial charge in [0.15, 0.2) is 0 Å². The number of thioether (sulfide) groups is 1. The highest BCUT2D eigenvalue weighted by molar-refractivity contribution is 7.99. The van der Waals surface area contributed by atoms with Crippen LogP contribution in [0.2, 0.25) is 0 Å². The van der Waals surface area contributed by atoms with E-state index >= 15 is 0 Å². The highest BCUT2D eigenvalue weighted by atomic mass is 35.5. The van der Waals surface area contributed by atoms with Gasteiger partial charge in [-0.3, -0.25) is 4.79 Å². The van der Waals surface area contributed by atoms with Crippen molar-refractivity contribution >= 4 is 30.1 Å². The average Bonchev–Trinajstić information content (AvgIpc) is 2.36. The molecule has 20 heavy (non-hydrogen) atoms. The standard InChI is InChI=1S/C15H24N2OS.ClH/c1-5-16-12(4)10-17-15(18)13-6-8-14(9-7-13)19-11(2)3;/h6-9,11-12,16H,5,10H2,1-4H3,(H,17,18);1H/t12-;/m1./s1. The molecular formula is C15H25ClN2OS. The molecule has 0 saturated carbocycles. The molecule has 2 N–H and O–H groups in total. The molecule has 5 heteroatoms. The lowest BCUT2D eigenvalue weighted by Gasteiger charge is -2.13. The van der Waals surface area contributed by atoms with Gasteiger partial charge in [-0.15, -0.1) is 24.2 Å². The van der Waals surface area contributed by atoms with E-state index < -0.39 is 0 Å². The summed E-state index contributed by atoms with van der Waals surface area (Å²) >= 11 is 1.80. The van der Waals surface area contributed by atoms with Gasteiger partial charge in [-0.1, -0.05) is 20.8 Å². The first kappa shape index (κ1) is 19.3. The Bertz CT molecular complexity index is 395. The lowest BCUT2D eigenvalue weighted by Crippen LogP contribution is -2.38. The maximum Gasteiger partial charge on any atom is 0.251 e. The Balaban J connectivity index is 0.00000361. The maximum absolute atomic E-state index is 11.9. The van der Waals surface area contributed by atoms with Gasteiger partial charge in [0.05, 0.1) is 0 Å². The SMILES string of the molecule is CCN[C@H](C)CNC(=O)c1ccc(SC(C)C)cc1.Cl. The molecule has 0 spiro atoms. The molecule has 3 nitrogen and oxygen atoms in total. The largest absolute Gasteiger partial charge is 0.350 e. The molecule has 0 saturated heterocycles. The predicted molar refractivity (Wildman–Crippen MR) is 90.2 cm³/mol. The normalized spacial score (nSPS) is 11.8. The van der Waals surface area contributed by atoms with E-state index in [1.54, 1.807) is 11.8 Å². The highest BCUT2D eigenvalue weighted by Crippen LogP contribution is 2.22. The topological polar surface area (TPSA) is 41.1 Å². The summed E-state index contributed by atoms with van der Waals surface area (Å²) in [6.45, 7) is 10.0. The first-order chi connectivity index (χ1) is 9.02. The Kier molecular flexibility index (Phi) is 9.72. The van der Waals surface area contributed by atoms with Crippen LogP contribution in [0.1, 0.15) is 38.1 Å². The summed E-state index contributed by atoms with van der Waals surface area (Å²) in [4.78, 5) is 13.1. The van der Waals surface area contributed by atoms with Crippen LogP contribution in [-0.2, 0) is 0 Å². The summed E-state index contributed by atoms with van der Waals surface area (Å²) < 4.78 is 0. The molecule has 0 fully saturated rings. The smallest absolute Gasteiger partial charge is 0.251 e. The van der Waals surface area contributed by atoms with Crippen molar-refractivity contribution in [3.63, 3.8) is 0 Å². The van der Waals surface area contributed by atoms with Crippen molar-refractivity contribution in [2.45, 2.75) is 43.9 Å². The number of likely N-dealkylation sites (N-methyl/N-ethyl adjacent to an activating group) is 1. The minimum Gasteiger partial charge on any atom is -0.350 e. The Morgan fingerprint density at radius 1 is 1.20 bits per heavy atom. The summed E-state index contributed by atoms with van der Waals surface area (Å²) in [5.74, 6) is -0.00847. The lowest BCUT2D eigenvalue weighted by molar-refractivity contribution is 0.0950. The van der Waals surface area contributed by atoms with Crippen molar-refractivity contribution in [2.24, 2.45) is 0 Å². The number of hydrogen-bond acceptors (Lipinski definition) is 3. The number of carbonyl (C=O) groups excluding carboxylic acids is 1. The minimum absolute atomic E-state index is 0. The van der Waals surface area contributed by atoms with E-state index in [0.29, 0.717) is 17.8 Å². The van der Waals surface area contributed by atoms with E-state index in [0.717, 1.165) is 12.1 Å². The molecule has 114 valence electrons. The fraction of sp³-hybridized carbons (Fsp3) is 0.533. The van der Waals surface area contributed by atoms with Crippen molar-refractivity contribution < 1.29 is 4.79 Å². The van der Waals surface area contributed by atoms with E-state index in [1.807, 2.05) is 24.3 Å². The van der Waals surface area contributed by atoms with Crippen LogP contribution >= 0.6 is 24.2 Å². The molecule has 0 aromatic heterocycles. The van der Waals surface area contributed by atoms with Crippen LogP contribution in [0.5, 0.6) is 0 Å². The van der Waals surface area contributed by atoms with Gasteiger partial charge in [-0.25, -0.2) is 0 Å². The number of nitrogens with one attached hydrogen (secondary N) is 2. The minimum atomic E-state index is -0.00847. The second kappa shape index (κ2) is 10.1. The second-order valence-electron chi connectivity index (χ2n) is 4.86. The van der Waals surface area contributed by atoms with Crippen LogP contribution in [0, 0.1) is 0 Å². The van der Waals surface area contributed by atoms with Gasteiger partial charge in [0.25, 0.3) is 5.91 Å². The van der Waals surface area contributed by atoms with Gasteiger partial charge in [-0.2, -0.15) is 0 Å². The maximum atomic E-state index is 11.9. The van der Waals surface area contributed by atoms with E-state index in [1.165, 1.54) is 4.90 Å². The van der Waals surface area contributed by atoms with Crippen molar-refractivity contribution in [3.05, 3.63) is 29.8 Å². The fourth-order valence-corrected chi connectivity index (χ4v) is 2.56. The van der Waals surface area contributed by atoms with Crippen LogP contribution in [0.4, 0.5) is 0 Å². The molecule has 1 rings (SSSR count). The zero-order valence-corrected chi connectivity index (χ0v) is 14.2. The Morgan fingerprint density at radius 3 is 2.30 bits per heavy atom. The Labute approximate surface area is 132 Å². The van der Waals surface area contributed by atoms with E-state index in [9.17, 15) is 4.79 Å². The third-order valence-corrected chi connectivity index (χ3v) is 3.63. The van der Waals surface area contributed by atoms with Gasteiger partial charge in [0.1, 0.15) is 0 Å². The van der Waals surface area contributed by atoms with Crippen LogP contribution in [0.25, 0.3) is 0 Å². The van der Waals surface area contributed by atoms with E-state index in [-0.39, 0.29) is 18.3 Å². The molecule has 1 aromatic rings. The summed E-state index contributed by atoms with van der Waals surface area (Å²) in [5.41, 5.74) is 0.719. The number of rotatable bonds is 7. The quantitative estimate of drug-likeness (QED) is 0.758. The number of carbonyl (C=O) groups is 1. The van der Waals surface area contributed by atoms with Gasteiger partial charge >= 0.3 is 0 Å². The zero-order valence-electron chi connectivity index (χ0n) is 12.6. The van der Waals surface area contributed by atoms with Crippen molar-refractivity contribution in [1.82, 2.24) is 10.6 Å². The zero-order chi connectivity index (χ0) is 14.3. The summed E-state index contributed by atoms with van der Waals surface area (Å²) in [5, 5.41) is 6.76. The number of benzene rings is 1. The second-order valence-corrected chi connectivity index (χ2v) is 6.51. The molecule has 0 bridgehead atoms. The molecule has 1 atom stereocenters. The van der Waals surface area contributed by atoms with Crippen molar-refractivity contribution in [3.8, 4) is 0 Å². The van der Waals surface area contributed by atoms with E-state index in [2.05, 4.69) is 38.3 Å². The molecule has 1 aromatic carbocycles. The molecular weight excluding hydrogens is 292 g/mol. The number of hydrogen-bond donors (Lipinski definition) is 2. The molecule has 0 heterocycles. The third-order valence-electron chi connectivity index (χ3n) is 2.61. The summed E-state index contributed by atoms with van der Waals surface area (Å²) in [6.07, 6.45) is 0. The van der Waals surface area contributed by atoms with Crippen LogP contribution in [0.3, 0.4) is 0 Å².